The largest absolute Gasteiger partial charge is 0.367 e. The molecule has 1 aliphatic carbocycles. The third-order valence-electron chi connectivity index (χ3n) is 5.26. The minimum atomic E-state index is -1.04. The van der Waals surface area contributed by atoms with Gasteiger partial charge in [-0.3, -0.25) is 0 Å². The second kappa shape index (κ2) is 6.00. The number of aliphatic hydroxyl groups is 2. The van der Waals surface area contributed by atoms with Crippen LogP contribution in [0.1, 0.15) is 60.8 Å². The van der Waals surface area contributed by atoms with Gasteiger partial charge in [-0.2, -0.15) is 5.26 Å². The van der Waals surface area contributed by atoms with Crippen LogP contribution in [0.3, 0.4) is 0 Å². The van der Waals surface area contributed by atoms with Crippen LogP contribution in [-0.2, 0) is 9.47 Å². The summed E-state index contributed by atoms with van der Waals surface area (Å²) in [5, 5.41) is 30.0. The molecule has 2 rings (SSSR count). The highest BCUT2D eigenvalue weighted by atomic mass is 16.7. The number of hydrogen-bond donors (Lipinski definition) is 2. The molecule has 132 valence electrons. The molecule has 0 aromatic heterocycles. The van der Waals surface area contributed by atoms with Gasteiger partial charge in [0.05, 0.1) is 12.2 Å². The molecule has 1 aliphatic heterocycles. The lowest BCUT2D eigenvalue weighted by atomic mass is 9.75. The first kappa shape index (κ1) is 18.7. The summed E-state index contributed by atoms with van der Waals surface area (Å²) in [6, 6.07) is 2.23. The smallest absolute Gasteiger partial charge is 0.176 e. The summed E-state index contributed by atoms with van der Waals surface area (Å²) in [4.78, 5) is 0. The topological polar surface area (TPSA) is 82.7 Å². The Morgan fingerprint density at radius 3 is 2.39 bits per heavy atom. The molecule has 1 heterocycles. The standard InChI is InChI=1S/C18H31NO4/c1-7-11-8-18(10-19)13(23-15(18)21)12(11)22-14(20)17(5,6)9-16(2,3)4/h11-15,20-21H,7-9H2,1-6H3. The zero-order chi connectivity index (χ0) is 17.6. The van der Waals surface area contributed by atoms with E-state index < -0.39 is 29.5 Å². The van der Waals surface area contributed by atoms with Crippen LogP contribution < -0.4 is 0 Å². The summed E-state index contributed by atoms with van der Waals surface area (Å²) >= 11 is 0. The first-order valence-corrected chi connectivity index (χ1v) is 8.55. The van der Waals surface area contributed by atoms with Crippen molar-refractivity contribution >= 4 is 0 Å². The normalized spacial score (nSPS) is 38.6. The number of hydrogen-bond acceptors (Lipinski definition) is 5. The first-order valence-electron chi connectivity index (χ1n) is 8.55. The number of rotatable bonds is 5. The molecular weight excluding hydrogens is 294 g/mol. The summed E-state index contributed by atoms with van der Waals surface area (Å²) < 4.78 is 11.4. The number of fused-ring (bicyclic) bond motifs is 1. The Balaban J connectivity index is 2.11. The van der Waals surface area contributed by atoms with Gasteiger partial charge in [-0.05, 0) is 24.2 Å². The van der Waals surface area contributed by atoms with Crippen LogP contribution in [0.5, 0.6) is 0 Å². The van der Waals surface area contributed by atoms with Crippen LogP contribution in [0, 0.1) is 33.5 Å². The molecule has 0 aromatic carbocycles. The van der Waals surface area contributed by atoms with Gasteiger partial charge in [0.2, 0.25) is 0 Å². The summed E-state index contributed by atoms with van der Waals surface area (Å²) in [6.07, 6.45) is -0.584. The Morgan fingerprint density at radius 2 is 1.96 bits per heavy atom. The van der Waals surface area contributed by atoms with Gasteiger partial charge in [-0.1, -0.05) is 48.0 Å². The predicted octanol–water partition coefficient (Wildman–Crippen LogP) is 2.81. The second-order valence-electron chi connectivity index (χ2n) is 9.11. The molecule has 0 spiro atoms. The maximum absolute atomic E-state index is 10.6. The first-order chi connectivity index (χ1) is 10.5. The lowest BCUT2D eigenvalue weighted by Crippen LogP contribution is -2.60. The van der Waals surface area contributed by atoms with E-state index in [0.717, 1.165) is 12.8 Å². The molecule has 0 radical (unpaired) electrons. The molecule has 2 aliphatic rings. The molecule has 1 saturated carbocycles. The van der Waals surface area contributed by atoms with Crippen LogP contribution >= 0.6 is 0 Å². The molecule has 0 amide bonds. The van der Waals surface area contributed by atoms with E-state index in [1.54, 1.807) is 0 Å². The molecule has 1 saturated heterocycles. The van der Waals surface area contributed by atoms with Crippen molar-refractivity contribution in [2.75, 3.05) is 0 Å². The number of aliphatic hydroxyl groups excluding tert-OH is 2. The van der Waals surface area contributed by atoms with Crippen molar-refractivity contribution in [1.82, 2.24) is 0 Å². The lowest BCUT2D eigenvalue weighted by Gasteiger charge is -2.46. The fraction of sp³-hybridized carbons (Fsp3) is 0.944. The third-order valence-corrected chi connectivity index (χ3v) is 5.26. The number of ether oxygens (including phenoxy) is 2. The van der Waals surface area contributed by atoms with E-state index in [9.17, 15) is 15.5 Å². The molecule has 6 atom stereocenters. The van der Waals surface area contributed by atoms with Crippen molar-refractivity contribution in [3.8, 4) is 6.07 Å². The van der Waals surface area contributed by atoms with Crippen molar-refractivity contribution in [2.24, 2.45) is 22.2 Å². The second-order valence-corrected chi connectivity index (χ2v) is 9.11. The van der Waals surface area contributed by atoms with Crippen LogP contribution in [0.2, 0.25) is 0 Å². The van der Waals surface area contributed by atoms with Gasteiger partial charge in [-0.15, -0.1) is 0 Å². The number of nitriles is 1. The van der Waals surface area contributed by atoms with Crippen molar-refractivity contribution in [3.63, 3.8) is 0 Å². The zero-order valence-corrected chi connectivity index (χ0v) is 15.2. The molecule has 5 nitrogen and oxygen atoms in total. The molecule has 23 heavy (non-hydrogen) atoms. The fourth-order valence-electron chi connectivity index (χ4n) is 4.35. The van der Waals surface area contributed by atoms with Crippen molar-refractivity contribution < 1.29 is 19.7 Å². The van der Waals surface area contributed by atoms with Crippen LogP contribution in [0.25, 0.3) is 0 Å². The summed E-state index contributed by atoms with van der Waals surface area (Å²) in [5.74, 6) is 0.108. The minimum Gasteiger partial charge on any atom is -0.367 e. The van der Waals surface area contributed by atoms with Gasteiger partial charge >= 0.3 is 0 Å². The van der Waals surface area contributed by atoms with E-state index in [2.05, 4.69) is 26.8 Å². The molecule has 5 heteroatoms. The number of nitrogens with zero attached hydrogens (tertiary/aromatic N) is 1. The van der Waals surface area contributed by atoms with E-state index in [0.29, 0.717) is 6.42 Å². The molecular formula is C18H31NO4. The molecule has 0 aromatic rings. The summed E-state index contributed by atoms with van der Waals surface area (Å²) in [5.41, 5.74) is -1.21. The highest BCUT2D eigenvalue weighted by Crippen LogP contribution is 2.56. The summed E-state index contributed by atoms with van der Waals surface area (Å²) in [6.45, 7) is 12.4. The highest BCUT2D eigenvalue weighted by molar-refractivity contribution is 5.20. The van der Waals surface area contributed by atoms with Crippen LogP contribution in [0.15, 0.2) is 0 Å². The van der Waals surface area contributed by atoms with Gasteiger partial charge in [0.25, 0.3) is 0 Å². The monoisotopic (exact) mass is 325 g/mol. The van der Waals surface area contributed by atoms with Gasteiger partial charge in [0.15, 0.2) is 12.6 Å². The van der Waals surface area contributed by atoms with Gasteiger partial charge in [0, 0.05) is 5.41 Å². The summed E-state index contributed by atoms with van der Waals surface area (Å²) in [7, 11) is 0. The predicted molar refractivity (Wildman–Crippen MR) is 86.1 cm³/mol. The fourth-order valence-corrected chi connectivity index (χ4v) is 4.35. The maximum atomic E-state index is 10.6. The van der Waals surface area contributed by atoms with E-state index in [-0.39, 0.29) is 17.4 Å². The van der Waals surface area contributed by atoms with E-state index in [1.807, 2.05) is 20.8 Å². The highest BCUT2D eigenvalue weighted by Gasteiger charge is 2.67. The van der Waals surface area contributed by atoms with Gasteiger partial charge in [-0.25, -0.2) is 0 Å². The Hall–Kier alpha value is -0.670. The average Bonchev–Trinajstić information content (AvgIpc) is 2.65. The molecule has 6 unspecified atom stereocenters. The quantitative estimate of drug-likeness (QED) is 0.760. The van der Waals surface area contributed by atoms with Crippen molar-refractivity contribution in [2.45, 2.75) is 85.6 Å². The van der Waals surface area contributed by atoms with Crippen molar-refractivity contribution in [3.05, 3.63) is 0 Å². The average molecular weight is 325 g/mol. The molecule has 0 bridgehead atoms. The van der Waals surface area contributed by atoms with Crippen LogP contribution in [-0.4, -0.2) is 35.0 Å². The van der Waals surface area contributed by atoms with E-state index in [1.165, 1.54) is 0 Å². The van der Waals surface area contributed by atoms with Crippen molar-refractivity contribution in [1.29, 1.82) is 5.26 Å². The third kappa shape index (κ3) is 3.28. The molecule has 2 N–H and O–H groups in total. The lowest BCUT2D eigenvalue weighted by molar-refractivity contribution is -0.333. The van der Waals surface area contributed by atoms with E-state index in [4.69, 9.17) is 9.47 Å². The molecule has 2 fully saturated rings. The van der Waals surface area contributed by atoms with Gasteiger partial charge < -0.3 is 19.7 Å². The Kier molecular flexibility index (Phi) is 4.87. The van der Waals surface area contributed by atoms with E-state index >= 15 is 0 Å². The Morgan fingerprint density at radius 1 is 1.35 bits per heavy atom. The van der Waals surface area contributed by atoms with Gasteiger partial charge in [0.1, 0.15) is 11.5 Å². The Labute approximate surface area is 139 Å². The van der Waals surface area contributed by atoms with Crippen LogP contribution in [0.4, 0.5) is 0 Å². The maximum Gasteiger partial charge on any atom is 0.176 e. The Bertz CT molecular complexity index is 478. The zero-order valence-electron chi connectivity index (χ0n) is 15.2. The SMILES string of the molecule is CCC1CC2(C#N)C(O)OC2C1OC(O)C(C)(C)CC(C)(C)C. The minimum absolute atomic E-state index is 0.0766.